The molecule has 2 amide bonds. The highest BCUT2D eigenvalue weighted by Crippen LogP contribution is 2.22. The van der Waals surface area contributed by atoms with Crippen LogP contribution in [-0.2, 0) is 9.53 Å². The molecule has 1 aliphatic rings. The number of nitrogens with zero attached hydrogens (tertiary/aromatic N) is 4. The zero-order valence-electron chi connectivity index (χ0n) is 19.7. The van der Waals surface area contributed by atoms with Crippen molar-refractivity contribution >= 4 is 17.8 Å². The lowest BCUT2D eigenvalue weighted by atomic mass is 9.96. The van der Waals surface area contributed by atoms with Gasteiger partial charge in [0.2, 0.25) is 5.91 Å². The Morgan fingerprint density at radius 1 is 1.13 bits per heavy atom. The molecular formula is C23H36N4O4. The van der Waals surface area contributed by atoms with E-state index in [-0.39, 0.29) is 41.6 Å². The summed E-state index contributed by atoms with van der Waals surface area (Å²) >= 11 is 0. The number of carbonyl (C=O) groups is 3. The molecule has 2 rings (SSSR count). The Kier molecular flexibility index (Phi) is 8.95. The lowest BCUT2D eigenvalue weighted by Gasteiger charge is -2.41. The Hall–Kier alpha value is -2.51. The van der Waals surface area contributed by atoms with Crippen LogP contribution < -0.4 is 0 Å². The Bertz CT molecular complexity index is 811. The molecule has 0 radical (unpaired) electrons. The van der Waals surface area contributed by atoms with Crippen molar-refractivity contribution in [3.05, 3.63) is 22.8 Å². The maximum Gasteiger partial charge on any atom is 0.342 e. The molecule has 1 aromatic rings. The summed E-state index contributed by atoms with van der Waals surface area (Å²) in [6.07, 6.45) is 3.84. The summed E-state index contributed by atoms with van der Waals surface area (Å²) in [5, 5.41) is 0. The molecule has 0 aliphatic carbocycles. The topological polar surface area (TPSA) is 92.7 Å². The molecule has 2 unspecified atom stereocenters. The molecular weight excluding hydrogens is 396 g/mol. The Morgan fingerprint density at radius 3 is 2.42 bits per heavy atom. The number of aromatic nitrogens is 2. The summed E-state index contributed by atoms with van der Waals surface area (Å²) in [5.74, 6) is -0.276. The molecule has 0 spiro atoms. The summed E-state index contributed by atoms with van der Waals surface area (Å²) in [7, 11) is 0. The Labute approximate surface area is 185 Å². The second-order valence-corrected chi connectivity index (χ2v) is 8.18. The van der Waals surface area contributed by atoms with Crippen LogP contribution in [0.3, 0.4) is 0 Å². The minimum atomic E-state index is -0.591. The number of hydrogen-bond acceptors (Lipinski definition) is 6. The van der Waals surface area contributed by atoms with Crippen LogP contribution in [0.25, 0.3) is 0 Å². The molecule has 2 atom stereocenters. The van der Waals surface area contributed by atoms with Gasteiger partial charge >= 0.3 is 5.97 Å². The quantitative estimate of drug-likeness (QED) is 0.586. The summed E-state index contributed by atoms with van der Waals surface area (Å²) in [4.78, 5) is 50.9. The highest BCUT2D eigenvalue weighted by molar-refractivity contribution is 6.04. The van der Waals surface area contributed by atoms with Crippen LogP contribution in [0.4, 0.5) is 0 Å². The molecule has 1 saturated heterocycles. The number of amides is 2. The fourth-order valence-electron chi connectivity index (χ4n) is 4.12. The van der Waals surface area contributed by atoms with E-state index in [2.05, 4.69) is 23.8 Å². The van der Waals surface area contributed by atoms with Crippen LogP contribution in [0.2, 0.25) is 0 Å². The molecule has 0 aromatic carbocycles. The van der Waals surface area contributed by atoms with Gasteiger partial charge in [0.15, 0.2) is 0 Å². The number of rotatable bonds is 8. The van der Waals surface area contributed by atoms with Gasteiger partial charge in [0.25, 0.3) is 5.91 Å². The third kappa shape index (κ3) is 5.80. The van der Waals surface area contributed by atoms with Crippen molar-refractivity contribution in [3.8, 4) is 0 Å². The summed E-state index contributed by atoms with van der Waals surface area (Å²) < 4.78 is 5.12. The van der Waals surface area contributed by atoms with Crippen LogP contribution in [0, 0.1) is 19.8 Å². The second-order valence-electron chi connectivity index (χ2n) is 8.18. The number of unbranched alkanes of at least 4 members (excludes halogenated alkanes) is 1. The van der Waals surface area contributed by atoms with E-state index in [0.717, 1.165) is 25.7 Å². The van der Waals surface area contributed by atoms with Gasteiger partial charge in [-0.1, -0.05) is 26.7 Å². The third-order valence-electron chi connectivity index (χ3n) is 5.83. The highest BCUT2D eigenvalue weighted by Gasteiger charge is 2.35. The van der Waals surface area contributed by atoms with E-state index < -0.39 is 5.97 Å². The fourth-order valence-corrected chi connectivity index (χ4v) is 4.12. The third-order valence-corrected chi connectivity index (χ3v) is 5.83. The van der Waals surface area contributed by atoms with Crippen molar-refractivity contribution in [3.63, 3.8) is 0 Å². The van der Waals surface area contributed by atoms with Gasteiger partial charge < -0.3 is 14.5 Å². The predicted octanol–water partition coefficient (Wildman–Crippen LogP) is 3.16. The maximum absolute atomic E-state index is 13.3. The predicted molar refractivity (Wildman–Crippen MR) is 118 cm³/mol. The van der Waals surface area contributed by atoms with Crippen molar-refractivity contribution in [2.24, 2.45) is 5.92 Å². The van der Waals surface area contributed by atoms with E-state index in [1.807, 2.05) is 11.8 Å². The van der Waals surface area contributed by atoms with E-state index in [1.165, 1.54) is 0 Å². The summed E-state index contributed by atoms with van der Waals surface area (Å²) in [6.45, 7) is 12.7. The molecule has 1 aromatic heterocycles. The second kappa shape index (κ2) is 11.2. The normalized spacial score (nSPS) is 17.4. The Balaban J connectivity index is 2.19. The van der Waals surface area contributed by atoms with E-state index >= 15 is 0 Å². The summed E-state index contributed by atoms with van der Waals surface area (Å²) in [6, 6.07) is -0.101. The molecule has 8 heteroatoms. The van der Waals surface area contributed by atoms with Gasteiger partial charge in [0.1, 0.15) is 17.1 Å². The van der Waals surface area contributed by atoms with Crippen LogP contribution in [0.1, 0.15) is 85.7 Å². The van der Waals surface area contributed by atoms with Gasteiger partial charge in [-0.25, -0.2) is 14.8 Å². The minimum Gasteiger partial charge on any atom is -0.462 e. The van der Waals surface area contributed by atoms with Crippen molar-refractivity contribution < 1.29 is 19.1 Å². The molecule has 1 aliphatic heterocycles. The van der Waals surface area contributed by atoms with Gasteiger partial charge in [-0.05, 0) is 40.5 Å². The van der Waals surface area contributed by atoms with Crippen LogP contribution in [0.15, 0.2) is 0 Å². The zero-order valence-corrected chi connectivity index (χ0v) is 19.7. The van der Waals surface area contributed by atoms with Crippen molar-refractivity contribution in [1.29, 1.82) is 0 Å². The van der Waals surface area contributed by atoms with E-state index in [1.54, 1.807) is 25.7 Å². The van der Waals surface area contributed by atoms with Crippen LogP contribution in [-0.4, -0.2) is 69.8 Å². The van der Waals surface area contributed by atoms with E-state index in [4.69, 9.17) is 4.74 Å². The number of ether oxygens (including phenoxy) is 1. The molecule has 1 fully saturated rings. The van der Waals surface area contributed by atoms with Gasteiger partial charge in [-0.15, -0.1) is 0 Å². The first-order valence-electron chi connectivity index (χ1n) is 11.4. The smallest absolute Gasteiger partial charge is 0.342 e. The van der Waals surface area contributed by atoms with Crippen molar-refractivity contribution in [2.75, 3.05) is 26.2 Å². The van der Waals surface area contributed by atoms with Gasteiger partial charge in [0, 0.05) is 31.6 Å². The van der Waals surface area contributed by atoms with Gasteiger partial charge in [0.05, 0.1) is 12.3 Å². The first kappa shape index (κ1) is 24.8. The average Bonchev–Trinajstić information content (AvgIpc) is 2.73. The maximum atomic E-state index is 13.3. The van der Waals surface area contributed by atoms with Crippen molar-refractivity contribution in [1.82, 2.24) is 19.8 Å². The average molecular weight is 433 g/mol. The molecule has 2 heterocycles. The number of hydrogen-bond donors (Lipinski definition) is 0. The molecule has 172 valence electrons. The molecule has 31 heavy (non-hydrogen) atoms. The molecule has 0 N–H and O–H groups in total. The highest BCUT2D eigenvalue weighted by atomic mass is 16.5. The zero-order chi connectivity index (χ0) is 23.1. The lowest BCUT2D eigenvalue weighted by Crippen LogP contribution is -2.56. The molecule has 8 nitrogen and oxygen atoms in total. The number of aryl methyl sites for hydroxylation is 2. The van der Waals surface area contributed by atoms with Crippen LogP contribution in [0.5, 0.6) is 0 Å². The standard InChI is InChI=1S/C23H36N4O4/c1-7-10-11-18(8-2)21(28)27-13-12-26(14-15(27)4)22(29)20-19(23(30)31-9-3)16(5)24-17(6)25-20/h15,18H,7-14H2,1-6H3. The SMILES string of the molecule is CCCCC(CC)C(=O)N1CCN(C(=O)c2nc(C)nc(C)c2C(=O)OCC)CC1C. The first-order chi connectivity index (χ1) is 14.7. The number of esters is 1. The first-order valence-corrected chi connectivity index (χ1v) is 11.4. The number of piperazine rings is 1. The van der Waals surface area contributed by atoms with Crippen LogP contribution >= 0.6 is 0 Å². The van der Waals surface area contributed by atoms with E-state index in [0.29, 0.717) is 31.2 Å². The number of carbonyl (C=O) groups excluding carboxylic acids is 3. The van der Waals surface area contributed by atoms with Gasteiger partial charge in [-0.3, -0.25) is 9.59 Å². The molecule has 0 saturated carbocycles. The van der Waals surface area contributed by atoms with E-state index in [9.17, 15) is 14.4 Å². The largest absolute Gasteiger partial charge is 0.462 e. The monoisotopic (exact) mass is 432 g/mol. The summed E-state index contributed by atoms with van der Waals surface area (Å²) in [5.41, 5.74) is 0.622. The fraction of sp³-hybridized carbons (Fsp3) is 0.696. The van der Waals surface area contributed by atoms with Crippen molar-refractivity contribution in [2.45, 2.75) is 73.3 Å². The molecule has 0 bridgehead atoms. The lowest BCUT2D eigenvalue weighted by molar-refractivity contribution is -0.140. The van der Waals surface area contributed by atoms with Gasteiger partial charge in [-0.2, -0.15) is 0 Å². The minimum absolute atomic E-state index is 0.0345. The Morgan fingerprint density at radius 2 is 1.84 bits per heavy atom.